The third-order valence-electron chi connectivity index (χ3n) is 4.96. The summed E-state index contributed by atoms with van der Waals surface area (Å²) in [6, 6.07) is 10.9. The first kappa shape index (κ1) is 20.4. The van der Waals surface area contributed by atoms with Crippen molar-refractivity contribution < 1.29 is 26.4 Å². The molecular weight excluding hydrogens is 391 g/mol. The molecule has 2 aromatic carbocycles. The molecule has 28 heavy (non-hydrogen) atoms. The van der Waals surface area contributed by atoms with Crippen LogP contribution < -0.4 is 5.32 Å². The summed E-state index contributed by atoms with van der Waals surface area (Å²) in [5.41, 5.74) is 0.787. The molecule has 0 bridgehead atoms. The van der Waals surface area contributed by atoms with Crippen molar-refractivity contribution in [1.82, 2.24) is 5.32 Å². The van der Waals surface area contributed by atoms with Crippen LogP contribution in [-0.2, 0) is 20.8 Å². The number of rotatable bonds is 5. The molecule has 8 heteroatoms. The Hall–Kier alpha value is -2.35. The summed E-state index contributed by atoms with van der Waals surface area (Å²) >= 11 is 0. The third kappa shape index (κ3) is 4.55. The lowest BCUT2D eigenvalue weighted by Gasteiger charge is -2.15. The van der Waals surface area contributed by atoms with Gasteiger partial charge in [0.05, 0.1) is 16.5 Å². The molecule has 1 amide bonds. The molecule has 3 atom stereocenters. The largest absolute Gasteiger partial charge is 0.416 e. The van der Waals surface area contributed by atoms with Gasteiger partial charge in [-0.1, -0.05) is 24.3 Å². The quantitative estimate of drug-likeness (QED) is 0.806. The molecule has 2 aromatic rings. The molecule has 0 saturated heterocycles. The van der Waals surface area contributed by atoms with Crippen molar-refractivity contribution >= 4 is 15.7 Å². The monoisotopic (exact) mass is 411 g/mol. The SMILES string of the molecule is CC(NC(=O)C1CC1c1ccc(C(F)(F)F)cc1)c1ccc(S(C)(=O)=O)cc1. The maximum Gasteiger partial charge on any atom is 0.416 e. The zero-order valence-corrected chi connectivity index (χ0v) is 16.1. The van der Waals surface area contributed by atoms with Crippen molar-refractivity contribution in [2.24, 2.45) is 5.92 Å². The van der Waals surface area contributed by atoms with E-state index in [0.29, 0.717) is 6.42 Å². The molecule has 0 spiro atoms. The van der Waals surface area contributed by atoms with Gasteiger partial charge in [-0.25, -0.2) is 8.42 Å². The van der Waals surface area contributed by atoms with Crippen molar-refractivity contribution in [2.45, 2.75) is 36.4 Å². The Kier molecular flexibility index (Phi) is 5.27. The van der Waals surface area contributed by atoms with Gasteiger partial charge in [0.2, 0.25) is 5.91 Å². The van der Waals surface area contributed by atoms with Crippen LogP contribution in [0.4, 0.5) is 13.2 Å². The summed E-state index contributed by atoms with van der Waals surface area (Å²) in [6.45, 7) is 1.79. The second-order valence-corrected chi connectivity index (χ2v) is 9.16. The van der Waals surface area contributed by atoms with Gasteiger partial charge in [-0.2, -0.15) is 13.2 Å². The minimum absolute atomic E-state index is 0.0814. The van der Waals surface area contributed by atoms with Crippen molar-refractivity contribution in [2.75, 3.05) is 6.26 Å². The first-order valence-electron chi connectivity index (χ1n) is 8.74. The first-order chi connectivity index (χ1) is 13.0. The van der Waals surface area contributed by atoms with Crippen LogP contribution in [0.15, 0.2) is 53.4 Å². The van der Waals surface area contributed by atoms with Crippen LogP contribution in [0.5, 0.6) is 0 Å². The number of hydrogen-bond donors (Lipinski definition) is 1. The Labute approximate surface area is 161 Å². The number of nitrogens with one attached hydrogen (secondary N) is 1. The average Bonchev–Trinajstić information content (AvgIpc) is 3.41. The number of amides is 1. The Morgan fingerprint density at radius 1 is 1.07 bits per heavy atom. The summed E-state index contributed by atoms with van der Waals surface area (Å²) in [5.74, 6) is -0.513. The predicted octanol–water partition coefficient (Wildman–Crippen LogP) is 4.09. The van der Waals surface area contributed by atoms with Gasteiger partial charge in [0.15, 0.2) is 9.84 Å². The number of sulfone groups is 1. The summed E-state index contributed by atoms with van der Waals surface area (Å²) in [6.07, 6.45) is -2.65. The Morgan fingerprint density at radius 2 is 1.64 bits per heavy atom. The van der Waals surface area contributed by atoms with Gasteiger partial charge in [-0.05, 0) is 54.7 Å². The zero-order valence-electron chi connectivity index (χ0n) is 15.3. The Bertz CT molecular complexity index is 967. The minimum atomic E-state index is -4.37. The molecule has 0 radical (unpaired) electrons. The summed E-state index contributed by atoms with van der Waals surface area (Å²) in [7, 11) is -3.28. The highest BCUT2D eigenvalue weighted by Crippen LogP contribution is 2.48. The maximum absolute atomic E-state index is 12.6. The molecule has 3 unspecified atom stereocenters. The third-order valence-corrected chi connectivity index (χ3v) is 6.09. The Morgan fingerprint density at radius 3 is 2.14 bits per heavy atom. The maximum atomic E-state index is 12.6. The average molecular weight is 411 g/mol. The van der Waals surface area contributed by atoms with Crippen LogP contribution in [0.2, 0.25) is 0 Å². The van der Waals surface area contributed by atoms with E-state index < -0.39 is 21.6 Å². The topological polar surface area (TPSA) is 63.2 Å². The van der Waals surface area contributed by atoms with E-state index in [-0.39, 0.29) is 28.7 Å². The van der Waals surface area contributed by atoms with E-state index in [0.717, 1.165) is 29.5 Å². The molecule has 0 heterocycles. The summed E-state index contributed by atoms with van der Waals surface area (Å²) in [4.78, 5) is 12.6. The molecule has 1 N–H and O–H groups in total. The fourth-order valence-electron chi connectivity index (χ4n) is 3.18. The summed E-state index contributed by atoms with van der Waals surface area (Å²) < 4.78 is 60.9. The van der Waals surface area contributed by atoms with E-state index in [2.05, 4.69) is 5.32 Å². The number of alkyl halides is 3. The molecule has 0 aromatic heterocycles. The molecule has 4 nitrogen and oxygen atoms in total. The van der Waals surface area contributed by atoms with Gasteiger partial charge >= 0.3 is 6.18 Å². The van der Waals surface area contributed by atoms with Gasteiger partial charge in [-0.15, -0.1) is 0 Å². The minimum Gasteiger partial charge on any atom is -0.349 e. The highest BCUT2D eigenvalue weighted by molar-refractivity contribution is 7.90. The van der Waals surface area contributed by atoms with E-state index in [1.165, 1.54) is 24.3 Å². The molecule has 3 rings (SSSR count). The standard InChI is InChI=1S/C20H20F3NO3S/c1-12(13-5-9-16(10-6-13)28(2,26)27)24-19(25)18-11-17(18)14-3-7-15(8-4-14)20(21,22)23/h3-10,12,17-18H,11H2,1-2H3,(H,24,25). The molecule has 1 aliphatic carbocycles. The predicted molar refractivity (Wildman–Crippen MR) is 98.4 cm³/mol. The number of carbonyl (C=O) groups is 1. The van der Waals surface area contributed by atoms with E-state index in [4.69, 9.17) is 0 Å². The van der Waals surface area contributed by atoms with Crippen LogP contribution in [-0.4, -0.2) is 20.6 Å². The molecular formula is C20H20F3NO3S. The molecule has 150 valence electrons. The van der Waals surface area contributed by atoms with Crippen LogP contribution in [0.1, 0.15) is 42.0 Å². The van der Waals surface area contributed by atoms with Crippen LogP contribution in [0, 0.1) is 5.92 Å². The van der Waals surface area contributed by atoms with Crippen LogP contribution in [0.25, 0.3) is 0 Å². The lowest BCUT2D eigenvalue weighted by Crippen LogP contribution is -2.28. The summed E-state index contributed by atoms with van der Waals surface area (Å²) in [5, 5.41) is 2.88. The lowest BCUT2D eigenvalue weighted by atomic mass is 10.1. The van der Waals surface area contributed by atoms with Crippen molar-refractivity contribution in [3.8, 4) is 0 Å². The second kappa shape index (κ2) is 7.24. The lowest BCUT2D eigenvalue weighted by molar-refractivity contribution is -0.137. The zero-order chi connectivity index (χ0) is 20.7. The number of benzene rings is 2. The highest BCUT2D eigenvalue weighted by atomic mass is 32.2. The number of carbonyl (C=O) groups excluding carboxylic acids is 1. The van der Waals surface area contributed by atoms with Gasteiger partial charge in [-0.3, -0.25) is 4.79 Å². The molecule has 1 saturated carbocycles. The van der Waals surface area contributed by atoms with Crippen LogP contribution >= 0.6 is 0 Å². The number of halogens is 3. The fraction of sp³-hybridized carbons (Fsp3) is 0.350. The van der Waals surface area contributed by atoms with Crippen molar-refractivity contribution in [3.05, 3.63) is 65.2 Å². The second-order valence-electron chi connectivity index (χ2n) is 7.14. The van der Waals surface area contributed by atoms with Gasteiger partial charge in [0, 0.05) is 12.2 Å². The van der Waals surface area contributed by atoms with Crippen LogP contribution in [0.3, 0.4) is 0 Å². The number of hydrogen-bond acceptors (Lipinski definition) is 3. The van der Waals surface area contributed by atoms with E-state index >= 15 is 0 Å². The smallest absolute Gasteiger partial charge is 0.349 e. The Balaban J connectivity index is 1.60. The van der Waals surface area contributed by atoms with E-state index in [9.17, 15) is 26.4 Å². The van der Waals surface area contributed by atoms with Gasteiger partial charge in [0.25, 0.3) is 0 Å². The van der Waals surface area contributed by atoms with Crippen molar-refractivity contribution in [1.29, 1.82) is 0 Å². The highest BCUT2D eigenvalue weighted by Gasteiger charge is 2.44. The normalized spacial score (nSPS) is 20.5. The molecule has 1 fully saturated rings. The van der Waals surface area contributed by atoms with E-state index in [1.54, 1.807) is 19.1 Å². The van der Waals surface area contributed by atoms with Gasteiger partial charge in [0.1, 0.15) is 0 Å². The van der Waals surface area contributed by atoms with E-state index in [1.807, 2.05) is 0 Å². The van der Waals surface area contributed by atoms with Gasteiger partial charge < -0.3 is 5.32 Å². The van der Waals surface area contributed by atoms with Crippen molar-refractivity contribution in [3.63, 3.8) is 0 Å². The first-order valence-corrected chi connectivity index (χ1v) is 10.6. The molecule has 0 aliphatic heterocycles. The molecule has 1 aliphatic rings. The fourth-order valence-corrected chi connectivity index (χ4v) is 3.81.